The number of rotatable bonds is 2. The van der Waals surface area contributed by atoms with Crippen LogP contribution in [0.3, 0.4) is 0 Å². The van der Waals surface area contributed by atoms with Crippen molar-refractivity contribution < 1.29 is 4.92 Å². The molecule has 0 aliphatic heterocycles. The number of fused-ring (bicyclic) bond motifs is 2. The molecule has 30 heavy (non-hydrogen) atoms. The summed E-state index contributed by atoms with van der Waals surface area (Å²) in [5.41, 5.74) is 16.2. The quantitative estimate of drug-likeness (QED) is 0.210. The molecule has 0 spiro atoms. The van der Waals surface area contributed by atoms with Gasteiger partial charge in [-0.05, 0) is 37.3 Å². The van der Waals surface area contributed by atoms with Crippen molar-refractivity contribution in [3.05, 3.63) is 75.8 Å². The number of nitro groups is 1. The average Bonchev–Trinajstić information content (AvgIpc) is 3.27. The lowest BCUT2D eigenvalue weighted by molar-refractivity contribution is -0.384. The molecule has 7 nitrogen and oxygen atoms in total. The lowest BCUT2D eigenvalue weighted by Gasteiger charge is -2.00. The van der Waals surface area contributed by atoms with Crippen LogP contribution in [0.5, 0.6) is 0 Å². The third-order valence-corrected chi connectivity index (χ3v) is 6.20. The van der Waals surface area contributed by atoms with Gasteiger partial charge in [-0.15, -0.1) is 22.7 Å². The van der Waals surface area contributed by atoms with Gasteiger partial charge >= 0.3 is 0 Å². The minimum Gasteiger partial charge on any atom is -0.399 e. The Labute approximate surface area is 179 Å². The summed E-state index contributed by atoms with van der Waals surface area (Å²) in [6.45, 7) is 2.02. The Kier molecular flexibility index (Phi) is 5.30. The summed E-state index contributed by atoms with van der Waals surface area (Å²) in [4.78, 5) is 18.8. The van der Waals surface area contributed by atoms with Crippen molar-refractivity contribution in [2.24, 2.45) is 0 Å². The number of benzene rings is 3. The van der Waals surface area contributed by atoms with Crippen molar-refractivity contribution in [1.82, 2.24) is 9.97 Å². The van der Waals surface area contributed by atoms with E-state index >= 15 is 0 Å². The number of aromatic nitrogens is 2. The molecule has 150 valence electrons. The molecule has 5 rings (SSSR count). The van der Waals surface area contributed by atoms with E-state index in [0.717, 1.165) is 31.3 Å². The molecule has 4 N–H and O–H groups in total. The van der Waals surface area contributed by atoms with Gasteiger partial charge < -0.3 is 11.5 Å². The van der Waals surface area contributed by atoms with Gasteiger partial charge in [-0.1, -0.05) is 18.2 Å². The van der Waals surface area contributed by atoms with Crippen LogP contribution in [0.25, 0.3) is 31.0 Å². The molecule has 0 fully saturated rings. The van der Waals surface area contributed by atoms with E-state index < -0.39 is 4.92 Å². The minimum absolute atomic E-state index is 0.137. The van der Waals surface area contributed by atoms with E-state index in [4.69, 9.17) is 16.5 Å². The summed E-state index contributed by atoms with van der Waals surface area (Å²) >= 11 is 3.32. The molecule has 3 aromatic carbocycles. The van der Waals surface area contributed by atoms with Crippen LogP contribution in [0.1, 0.15) is 5.01 Å². The standard InChI is InChI=1S/C15H12N4S2.C6H5NO2/c1-7-18-11-5-14-12(6-13(11)20-7)19-15(21-14)8-2-9(16)4-10(17)3-8;8-7(9)6-4-2-1-3-5-6/h2-6H,16-17H2,1H3;1-5H. The number of nitrogens with zero attached hydrogens (tertiary/aromatic N) is 3. The number of non-ortho nitro benzene ring substituents is 1. The normalized spacial score (nSPS) is 10.7. The van der Waals surface area contributed by atoms with Gasteiger partial charge in [0.25, 0.3) is 5.69 Å². The molecule has 5 aromatic rings. The molecular formula is C21H17N5O2S2. The highest BCUT2D eigenvalue weighted by Gasteiger charge is 2.10. The maximum absolute atomic E-state index is 10.0. The molecule has 2 heterocycles. The number of nitrogens with two attached hydrogens (primary N) is 2. The highest BCUT2D eigenvalue weighted by molar-refractivity contribution is 7.22. The van der Waals surface area contributed by atoms with Crippen LogP contribution in [0.15, 0.2) is 60.7 Å². The first-order valence-electron chi connectivity index (χ1n) is 8.92. The van der Waals surface area contributed by atoms with Crippen LogP contribution >= 0.6 is 22.7 Å². The Morgan fingerprint density at radius 1 is 0.867 bits per heavy atom. The first kappa shape index (κ1) is 19.7. The van der Waals surface area contributed by atoms with E-state index in [1.165, 1.54) is 16.8 Å². The van der Waals surface area contributed by atoms with Gasteiger partial charge in [-0.25, -0.2) is 9.97 Å². The fourth-order valence-electron chi connectivity index (χ4n) is 2.94. The maximum atomic E-state index is 10.0. The Bertz CT molecular complexity index is 1290. The van der Waals surface area contributed by atoms with Gasteiger partial charge in [0.15, 0.2) is 0 Å². The van der Waals surface area contributed by atoms with E-state index in [2.05, 4.69) is 17.1 Å². The summed E-state index contributed by atoms with van der Waals surface area (Å²) in [5, 5.41) is 12.0. The lowest BCUT2D eigenvalue weighted by atomic mass is 10.2. The first-order chi connectivity index (χ1) is 14.4. The molecule has 9 heteroatoms. The van der Waals surface area contributed by atoms with Crippen molar-refractivity contribution in [2.45, 2.75) is 6.92 Å². The second kappa shape index (κ2) is 8.05. The second-order valence-electron chi connectivity index (χ2n) is 6.52. The van der Waals surface area contributed by atoms with Crippen molar-refractivity contribution in [3.63, 3.8) is 0 Å². The molecule has 0 aliphatic carbocycles. The topological polar surface area (TPSA) is 121 Å². The molecule has 2 aromatic heterocycles. The molecule has 0 saturated carbocycles. The highest BCUT2D eigenvalue weighted by Crippen LogP contribution is 2.35. The molecule has 0 bridgehead atoms. The first-order valence-corrected chi connectivity index (χ1v) is 10.6. The van der Waals surface area contributed by atoms with Crippen LogP contribution in [0.2, 0.25) is 0 Å². The van der Waals surface area contributed by atoms with Gasteiger partial charge in [0.05, 0.1) is 30.4 Å². The maximum Gasteiger partial charge on any atom is 0.269 e. The monoisotopic (exact) mass is 435 g/mol. The Morgan fingerprint density at radius 2 is 1.47 bits per heavy atom. The number of thiazole rings is 2. The van der Waals surface area contributed by atoms with Crippen molar-refractivity contribution >= 4 is 60.2 Å². The zero-order valence-corrected chi connectivity index (χ0v) is 17.5. The van der Waals surface area contributed by atoms with Crippen molar-refractivity contribution in [2.75, 3.05) is 11.5 Å². The van der Waals surface area contributed by atoms with Gasteiger partial charge in [-0.2, -0.15) is 0 Å². The summed E-state index contributed by atoms with van der Waals surface area (Å²) < 4.78 is 2.30. The Morgan fingerprint density at radius 3 is 2.07 bits per heavy atom. The molecule has 0 saturated heterocycles. The number of nitrogen functional groups attached to an aromatic ring is 2. The van der Waals surface area contributed by atoms with Gasteiger partial charge in [0, 0.05) is 29.1 Å². The molecule has 0 unspecified atom stereocenters. The SMILES string of the molecule is Cc1nc2cc3sc(-c4cc(N)cc(N)c4)nc3cc2s1.O=[N+]([O-])c1ccccc1. The number of aryl methyl sites for hydroxylation is 1. The molecule has 0 aliphatic rings. The third-order valence-electron chi connectivity index (χ3n) is 4.20. The van der Waals surface area contributed by atoms with E-state index in [1.807, 2.05) is 19.1 Å². The van der Waals surface area contributed by atoms with E-state index in [9.17, 15) is 10.1 Å². The fourth-order valence-corrected chi connectivity index (χ4v) is 4.75. The predicted octanol–water partition coefficient (Wildman–Crippen LogP) is 5.64. The van der Waals surface area contributed by atoms with Crippen molar-refractivity contribution in [1.29, 1.82) is 0 Å². The Hall–Kier alpha value is -3.56. The third kappa shape index (κ3) is 4.22. The summed E-state index contributed by atoms with van der Waals surface area (Å²) in [6, 6.07) is 17.7. The number of hydrogen-bond donors (Lipinski definition) is 2. The fraction of sp³-hybridized carbons (Fsp3) is 0.0476. The molecule has 0 amide bonds. The molecule has 0 atom stereocenters. The van der Waals surface area contributed by atoms with Crippen LogP contribution in [0.4, 0.5) is 17.1 Å². The van der Waals surface area contributed by atoms with E-state index in [1.54, 1.807) is 46.9 Å². The van der Waals surface area contributed by atoms with Crippen LogP contribution in [-0.4, -0.2) is 14.9 Å². The minimum atomic E-state index is -0.417. The number of nitro benzene ring substituents is 1. The van der Waals surface area contributed by atoms with Crippen LogP contribution < -0.4 is 11.5 Å². The average molecular weight is 436 g/mol. The van der Waals surface area contributed by atoms with Gasteiger partial charge in [0.1, 0.15) is 5.01 Å². The summed E-state index contributed by atoms with van der Waals surface area (Å²) in [7, 11) is 0. The number of para-hydroxylation sites is 1. The summed E-state index contributed by atoms with van der Waals surface area (Å²) in [6.07, 6.45) is 0. The zero-order valence-electron chi connectivity index (χ0n) is 15.9. The smallest absolute Gasteiger partial charge is 0.269 e. The van der Waals surface area contributed by atoms with Gasteiger partial charge in [-0.3, -0.25) is 10.1 Å². The second-order valence-corrected chi connectivity index (χ2v) is 8.79. The van der Waals surface area contributed by atoms with Crippen molar-refractivity contribution in [3.8, 4) is 10.6 Å². The summed E-state index contributed by atoms with van der Waals surface area (Å²) in [5.74, 6) is 0. The Balaban J connectivity index is 0.000000204. The predicted molar refractivity (Wildman–Crippen MR) is 125 cm³/mol. The number of hydrogen-bond acceptors (Lipinski definition) is 8. The van der Waals surface area contributed by atoms with E-state index in [0.29, 0.717) is 11.4 Å². The molecule has 0 radical (unpaired) electrons. The largest absolute Gasteiger partial charge is 0.399 e. The number of anilines is 2. The molecular weight excluding hydrogens is 418 g/mol. The highest BCUT2D eigenvalue weighted by atomic mass is 32.1. The van der Waals surface area contributed by atoms with Crippen LogP contribution in [0, 0.1) is 17.0 Å². The van der Waals surface area contributed by atoms with Gasteiger partial charge in [0.2, 0.25) is 0 Å². The van der Waals surface area contributed by atoms with E-state index in [-0.39, 0.29) is 5.69 Å². The van der Waals surface area contributed by atoms with Crippen LogP contribution in [-0.2, 0) is 0 Å². The zero-order chi connectivity index (χ0) is 21.3. The lowest BCUT2D eigenvalue weighted by Crippen LogP contribution is -1.90.